The van der Waals surface area contributed by atoms with Gasteiger partial charge in [0, 0.05) is 18.6 Å². The molecular formula is C16H35N3. The van der Waals surface area contributed by atoms with Gasteiger partial charge in [0.15, 0.2) is 0 Å². The largest absolute Gasteiger partial charge is 0.315 e. The second-order valence-corrected chi connectivity index (χ2v) is 7.06. The van der Waals surface area contributed by atoms with Gasteiger partial charge >= 0.3 is 0 Å². The third-order valence-electron chi connectivity index (χ3n) is 4.46. The van der Waals surface area contributed by atoms with Crippen LogP contribution in [-0.4, -0.2) is 62.2 Å². The van der Waals surface area contributed by atoms with E-state index in [-0.39, 0.29) is 0 Å². The van der Waals surface area contributed by atoms with Gasteiger partial charge in [-0.25, -0.2) is 0 Å². The number of piperidine rings is 1. The Hall–Kier alpha value is -0.120. The molecule has 1 fully saturated rings. The monoisotopic (exact) mass is 269 g/mol. The summed E-state index contributed by atoms with van der Waals surface area (Å²) in [5.74, 6) is 1.45. The van der Waals surface area contributed by atoms with Gasteiger partial charge in [-0.1, -0.05) is 27.7 Å². The number of likely N-dealkylation sites (N-methyl/N-ethyl adjacent to an activating group) is 1. The Morgan fingerprint density at radius 3 is 2.16 bits per heavy atom. The molecule has 1 unspecified atom stereocenters. The van der Waals surface area contributed by atoms with E-state index in [1.807, 2.05) is 0 Å². The number of nitrogens with zero attached hydrogens (tertiary/aromatic N) is 2. The lowest BCUT2D eigenvalue weighted by Gasteiger charge is -2.41. The molecule has 1 atom stereocenters. The van der Waals surface area contributed by atoms with Gasteiger partial charge in [0.2, 0.25) is 0 Å². The fourth-order valence-corrected chi connectivity index (χ4v) is 3.04. The first-order chi connectivity index (χ1) is 8.91. The molecule has 0 aromatic carbocycles. The molecule has 0 spiro atoms. The molecule has 114 valence electrons. The highest BCUT2D eigenvalue weighted by Gasteiger charge is 2.27. The molecule has 1 saturated heterocycles. The lowest BCUT2D eigenvalue weighted by atomic mass is 9.96. The highest BCUT2D eigenvalue weighted by Crippen LogP contribution is 2.19. The van der Waals surface area contributed by atoms with Crippen molar-refractivity contribution in [1.82, 2.24) is 15.1 Å². The third kappa shape index (κ3) is 5.80. The molecular weight excluding hydrogens is 234 g/mol. The summed E-state index contributed by atoms with van der Waals surface area (Å²) in [5, 5.41) is 3.64. The van der Waals surface area contributed by atoms with Crippen molar-refractivity contribution in [1.29, 1.82) is 0 Å². The Morgan fingerprint density at radius 1 is 1.11 bits per heavy atom. The molecule has 0 aromatic heterocycles. The van der Waals surface area contributed by atoms with Crippen molar-refractivity contribution >= 4 is 0 Å². The molecule has 1 aliphatic heterocycles. The fourth-order valence-electron chi connectivity index (χ4n) is 3.04. The number of nitrogens with one attached hydrogen (secondary N) is 1. The van der Waals surface area contributed by atoms with Crippen molar-refractivity contribution in [3.05, 3.63) is 0 Å². The highest BCUT2D eigenvalue weighted by molar-refractivity contribution is 4.84. The summed E-state index contributed by atoms with van der Waals surface area (Å²) in [5.41, 5.74) is 0. The van der Waals surface area contributed by atoms with E-state index in [0.717, 1.165) is 25.0 Å². The van der Waals surface area contributed by atoms with E-state index in [1.165, 1.54) is 25.9 Å². The molecule has 1 heterocycles. The zero-order chi connectivity index (χ0) is 14.4. The first-order valence-corrected chi connectivity index (χ1v) is 8.03. The predicted molar refractivity (Wildman–Crippen MR) is 84.6 cm³/mol. The lowest BCUT2D eigenvalue weighted by molar-refractivity contribution is 0.0846. The third-order valence-corrected chi connectivity index (χ3v) is 4.46. The minimum atomic E-state index is 0.659. The van der Waals surface area contributed by atoms with E-state index in [1.54, 1.807) is 0 Å². The van der Waals surface area contributed by atoms with Crippen LogP contribution in [0.5, 0.6) is 0 Å². The topological polar surface area (TPSA) is 18.5 Å². The van der Waals surface area contributed by atoms with Gasteiger partial charge in [0.1, 0.15) is 0 Å². The summed E-state index contributed by atoms with van der Waals surface area (Å²) in [4.78, 5) is 5.09. The van der Waals surface area contributed by atoms with Crippen LogP contribution in [0.3, 0.4) is 0 Å². The summed E-state index contributed by atoms with van der Waals surface area (Å²) in [6, 6.07) is 1.43. The van der Waals surface area contributed by atoms with Gasteiger partial charge in [-0.2, -0.15) is 0 Å². The smallest absolute Gasteiger partial charge is 0.0243 e. The van der Waals surface area contributed by atoms with Crippen molar-refractivity contribution in [2.24, 2.45) is 11.8 Å². The quantitative estimate of drug-likeness (QED) is 0.765. The SMILES string of the molecule is CC(C)CNCC(C(C)C)N(C)C1CCN(C)CC1. The summed E-state index contributed by atoms with van der Waals surface area (Å²) in [7, 11) is 4.57. The number of likely N-dealkylation sites (tertiary alicyclic amines) is 1. The highest BCUT2D eigenvalue weighted by atomic mass is 15.2. The Bertz CT molecular complexity index is 232. The number of rotatable bonds is 7. The van der Waals surface area contributed by atoms with E-state index in [9.17, 15) is 0 Å². The van der Waals surface area contributed by atoms with Crippen LogP contribution in [0.25, 0.3) is 0 Å². The van der Waals surface area contributed by atoms with E-state index in [4.69, 9.17) is 0 Å². The minimum Gasteiger partial charge on any atom is -0.315 e. The second-order valence-electron chi connectivity index (χ2n) is 7.06. The van der Waals surface area contributed by atoms with Crippen LogP contribution in [0.2, 0.25) is 0 Å². The molecule has 1 aliphatic rings. The van der Waals surface area contributed by atoms with Crippen LogP contribution in [0.15, 0.2) is 0 Å². The molecule has 0 aromatic rings. The van der Waals surface area contributed by atoms with Crippen LogP contribution in [0.1, 0.15) is 40.5 Å². The van der Waals surface area contributed by atoms with Crippen LogP contribution in [-0.2, 0) is 0 Å². The Kier molecular flexibility index (Phi) is 7.33. The summed E-state index contributed by atoms with van der Waals surface area (Å²) < 4.78 is 0. The van der Waals surface area contributed by atoms with Crippen LogP contribution >= 0.6 is 0 Å². The lowest BCUT2D eigenvalue weighted by Crippen LogP contribution is -2.51. The van der Waals surface area contributed by atoms with Crippen LogP contribution in [0, 0.1) is 11.8 Å². The van der Waals surface area contributed by atoms with Crippen molar-refractivity contribution in [3.63, 3.8) is 0 Å². The summed E-state index contributed by atoms with van der Waals surface area (Å²) in [6.07, 6.45) is 2.64. The van der Waals surface area contributed by atoms with Gasteiger partial charge < -0.3 is 10.2 Å². The van der Waals surface area contributed by atoms with Crippen LogP contribution in [0.4, 0.5) is 0 Å². The van der Waals surface area contributed by atoms with Gasteiger partial charge in [-0.15, -0.1) is 0 Å². The van der Waals surface area contributed by atoms with Crippen molar-refractivity contribution in [2.45, 2.75) is 52.6 Å². The van der Waals surface area contributed by atoms with Gasteiger partial charge in [0.25, 0.3) is 0 Å². The van der Waals surface area contributed by atoms with E-state index < -0.39 is 0 Å². The van der Waals surface area contributed by atoms with Gasteiger partial charge in [-0.3, -0.25) is 4.90 Å². The summed E-state index contributed by atoms with van der Waals surface area (Å²) in [6.45, 7) is 14.0. The Labute approximate surface area is 120 Å². The molecule has 19 heavy (non-hydrogen) atoms. The normalized spacial score (nSPS) is 20.7. The van der Waals surface area contributed by atoms with Crippen molar-refractivity contribution < 1.29 is 0 Å². The van der Waals surface area contributed by atoms with Crippen molar-refractivity contribution in [3.8, 4) is 0 Å². The Balaban J connectivity index is 2.45. The van der Waals surface area contributed by atoms with E-state index in [2.05, 4.69) is 56.9 Å². The van der Waals surface area contributed by atoms with Crippen molar-refractivity contribution in [2.75, 3.05) is 40.3 Å². The van der Waals surface area contributed by atoms with E-state index in [0.29, 0.717) is 12.0 Å². The minimum absolute atomic E-state index is 0.659. The zero-order valence-corrected chi connectivity index (χ0v) is 13.9. The molecule has 1 rings (SSSR count). The number of hydrogen-bond acceptors (Lipinski definition) is 3. The first kappa shape index (κ1) is 16.9. The number of hydrogen-bond donors (Lipinski definition) is 1. The average molecular weight is 269 g/mol. The van der Waals surface area contributed by atoms with Gasteiger partial charge in [0.05, 0.1) is 0 Å². The fraction of sp³-hybridized carbons (Fsp3) is 1.00. The van der Waals surface area contributed by atoms with E-state index >= 15 is 0 Å². The first-order valence-electron chi connectivity index (χ1n) is 8.03. The standard InChI is InChI=1S/C16H35N3/c1-13(2)11-17-12-16(14(3)4)19(6)15-7-9-18(5)10-8-15/h13-17H,7-12H2,1-6H3. The second kappa shape index (κ2) is 8.23. The summed E-state index contributed by atoms with van der Waals surface area (Å²) >= 11 is 0. The van der Waals surface area contributed by atoms with Crippen LogP contribution < -0.4 is 5.32 Å². The van der Waals surface area contributed by atoms with Gasteiger partial charge in [-0.05, 0) is 58.4 Å². The molecule has 0 bridgehead atoms. The molecule has 1 N–H and O–H groups in total. The molecule has 3 heteroatoms. The maximum Gasteiger partial charge on any atom is 0.0243 e. The Morgan fingerprint density at radius 2 is 1.68 bits per heavy atom. The zero-order valence-electron chi connectivity index (χ0n) is 13.9. The molecule has 0 aliphatic carbocycles. The maximum atomic E-state index is 3.64. The average Bonchev–Trinajstić information content (AvgIpc) is 2.34. The molecule has 0 amide bonds. The predicted octanol–water partition coefficient (Wildman–Crippen LogP) is 2.28. The molecule has 0 saturated carbocycles. The molecule has 0 radical (unpaired) electrons. The maximum absolute atomic E-state index is 3.64. The molecule has 3 nitrogen and oxygen atoms in total.